The number of nitriles is 1. The Morgan fingerprint density at radius 1 is 0.750 bits per heavy atom. The average molecular weight is 261 g/mol. The number of hydrogen-bond donors (Lipinski definition) is 2. The highest BCUT2D eigenvalue weighted by Gasteiger charge is 2.06. The molecule has 3 rings (SSSR count). The van der Waals surface area contributed by atoms with E-state index >= 15 is 0 Å². The Labute approximate surface area is 116 Å². The lowest BCUT2D eigenvalue weighted by atomic mass is 9.97. The van der Waals surface area contributed by atoms with Crippen LogP contribution in [-0.2, 0) is 0 Å². The maximum Gasteiger partial charge on any atom is 0.116 e. The Morgan fingerprint density at radius 3 is 2.15 bits per heavy atom. The van der Waals surface area contributed by atoms with Crippen LogP contribution in [0.3, 0.4) is 0 Å². The van der Waals surface area contributed by atoms with E-state index in [4.69, 9.17) is 0 Å². The van der Waals surface area contributed by atoms with Gasteiger partial charge < -0.3 is 10.2 Å². The standard InChI is InChI=1S/C17H11NO2/c18-10-14-8-13(11-1-4-15(19)5-2-11)7-12-3-6-16(20)9-17(12)14/h1-9,19-20H. The SMILES string of the molecule is N#Cc1cc(-c2ccc(O)cc2)cc2ccc(O)cc12. The number of phenols is 2. The highest BCUT2D eigenvalue weighted by atomic mass is 16.3. The summed E-state index contributed by atoms with van der Waals surface area (Å²) in [6.45, 7) is 0. The predicted molar refractivity (Wildman–Crippen MR) is 77.4 cm³/mol. The van der Waals surface area contributed by atoms with Gasteiger partial charge >= 0.3 is 0 Å². The molecular formula is C17H11NO2. The predicted octanol–water partition coefficient (Wildman–Crippen LogP) is 3.79. The Kier molecular flexibility index (Phi) is 2.77. The van der Waals surface area contributed by atoms with Gasteiger partial charge in [-0.2, -0.15) is 5.26 Å². The van der Waals surface area contributed by atoms with Gasteiger partial charge in [-0.05, 0) is 52.9 Å². The summed E-state index contributed by atoms with van der Waals surface area (Å²) in [5.41, 5.74) is 2.34. The number of hydrogen-bond acceptors (Lipinski definition) is 3. The van der Waals surface area contributed by atoms with Gasteiger partial charge in [0, 0.05) is 5.39 Å². The van der Waals surface area contributed by atoms with E-state index in [-0.39, 0.29) is 11.5 Å². The number of nitrogens with zero attached hydrogens (tertiary/aromatic N) is 1. The van der Waals surface area contributed by atoms with Gasteiger partial charge in [-0.15, -0.1) is 0 Å². The van der Waals surface area contributed by atoms with E-state index < -0.39 is 0 Å². The molecule has 3 aromatic carbocycles. The Balaban J connectivity index is 2.26. The third-order valence-electron chi connectivity index (χ3n) is 3.26. The first-order valence-corrected chi connectivity index (χ1v) is 6.13. The molecule has 0 saturated carbocycles. The van der Waals surface area contributed by atoms with E-state index in [9.17, 15) is 15.5 Å². The molecule has 20 heavy (non-hydrogen) atoms. The van der Waals surface area contributed by atoms with Crippen LogP contribution in [-0.4, -0.2) is 10.2 Å². The van der Waals surface area contributed by atoms with Crippen molar-refractivity contribution < 1.29 is 10.2 Å². The molecule has 0 aliphatic heterocycles. The molecule has 0 spiro atoms. The minimum Gasteiger partial charge on any atom is -0.508 e. The molecule has 0 fully saturated rings. The summed E-state index contributed by atoms with van der Waals surface area (Å²) in [6, 6.07) is 17.7. The fraction of sp³-hybridized carbons (Fsp3) is 0. The first-order chi connectivity index (χ1) is 9.67. The van der Waals surface area contributed by atoms with Crippen LogP contribution in [0.2, 0.25) is 0 Å². The lowest BCUT2D eigenvalue weighted by Crippen LogP contribution is -1.84. The van der Waals surface area contributed by atoms with Crippen LogP contribution in [0.4, 0.5) is 0 Å². The second kappa shape index (κ2) is 4.60. The van der Waals surface area contributed by atoms with Gasteiger partial charge in [0.2, 0.25) is 0 Å². The zero-order chi connectivity index (χ0) is 14.1. The van der Waals surface area contributed by atoms with Crippen molar-refractivity contribution in [3.05, 3.63) is 60.2 Å². The van der Waals surface area contributed by atoms with Crippen LogP contribution in [0, 0.1) is 11.3 Å². The smallest absolute Gasteiger partial charge is 0.116 e. The molecule has 0 aliphatic carbocycles. The van der Waals surface area contributed by atoms with Gasteiger partial charge in [-0.1, -0.05) is 18.2 Å². The lowest BCUT2D eigenvalue weighted by molar-refractivity contribution is 0.475. The van der Waals surface area contributed by atoms with Gasteiger partial charge in [-0.3, -0.25) is 0 Å². The van der Waals surface area contributed by atoms with Crippen LogP contribution in [0.1, 0.15) is 5.56 Å². The Hall–Kier alpha value is -2.99. The Morgan fingerprint density at radius 2 is 1.45 bits per heavy atom. The molecule has 0 unspecified atom stereocenters. The molecule has 2 N–H and O–H groups in total. The minimum absolute atomic E-state index is 0.145. The molecule has 0 bridgehead atoms. The van der Waals surface area contributed by atoms with Crippen molar-refractivity contribution >= 4 is 10.8 Å². The average Bonchev–Trinajstić information content (AvgIpc) is 2.47. The van der Waals surface area contributed by atoms with Crippen molar-refractivity contribution in [3.63, 3.8) is 0 Å². The minimum atomic E-state index is 0.145. The van der Waals surface area contributed by atoms with Crippen molar-refractivity contribution in [1.82, 2.24) is 0 Å². The molecule has 0 amide bonds. The van der Waals surface area contributed by atoms with Crippen molar-refractivity contribution in [2.24, 2.45) is 0 Å². The largest absolute Gasteiger partial charge is 0.508 e. The summed E-state index contributed by atoms with van der Waals surface area (Å²) in [5.74, 6) is 0.353. The fourth-order valence-electron chi connectivity index (χ4n) is 2.26. The molecule has 0 atom stereocenters. The molecule has 0 aliphatic rings. The fourth-order valence-corrected chi connectivity index (χ4v) is 2.26. The third-order valence-corrected chi connectivity index (χ3v) is 3.26. The van der Waals surface area contributed by atoms with Crippen LogP contribution >= 0.6 is 0 Å². The monoisotopic (exact) mass is 261 g/mol. The number of aromatic hydroxyl groups is 2. The zero-order valence-corrected chi connectivity index (χ0v) is 10.5. The normalized spacial score (nSPS) is 10.3. The van der Waals surface area contributed by atoms with Gasteiger partial charge in [-0.25, -0.2) is 0 Å². The summed E-state index contributed by atoms with van der Waals surface area (Å²) in [4.78, 5) is 0. The van der Waals surface area contributed by atoms with E-state index in [1.165, 1.54) is 0 Å². The summed E-state index contributed by atoms with van der Waals surface area (Å²) in [5, 5.41) is 29.8. The van der Waals surface area contributed by atoms with Gasteiger partial charge in [0.15, 0.2) is 0 Å². The number of phenolic OH excluding ortho intramolecular Hbond substituents is 2. The van der Waals surface area contributed by atoms with E-state index in [2.05, 4.69) is 6.07 Å². The highest BCUT2D eigenvalue weighted by molar-refractivity contribution is 5.93. The quantitative estimate of drug-likeness (QED) is 0.700. The Bertz CT molecular complexity index is 830. The molecule has 0 radical (unpaired) electrons. The second-order valence-electron chi connectivity index (χ2n) is 4.59. The molecule has 3 aromatic rings. The van der Waals surface area contributed by atoms with Gasteiger partial charge in [0.05, 0.1) is 11.6 Å². The molecule has 3 heteroatoms. The molecule has 96 valence electrons. The van der Waals surface area contributed by atoms with E-state index in [1.54, 1.807) is 48.5 Å². The zero-order valence-electron chi connectivity index (χ0n) is 10.5. The lowest BCUT2D eigenvalue weighted by Gasteiger charge is -2.07. The van der Waals surface area contributed by atoms with Crippen molar-refractivity contribution in [2.45, 2.75) is 0 Å². The van der Waals surface area contributed by atoms with Crippen LogP contribution in [0.5, 0.6) is 11.5 Å². The van der Waals surface area contributed by atoms with Gasteiger partial charge in [0.1, 0.15) is 11.5 Å². The number of rotatable bonds is 1. The highest BCUT2D eigenvalue weighted by Crippen LogP contribution is 2.30. The van der Waals surface area contributed by atoms with Crippen molar-refractivity contribution in [2.75, 3.05) is 0 Å². The van der Waals surface area contributed by atoms with Crippen LogP contribution < -0.4 is 0 Å². The van der Waals surface area contributed by atoms with Crippen LogP contribution in [0.25, 0.3) is 21.9 Å². The molecule has 3 nitrogen and oxygen atoms in total. The first kappa shape index (κ1) is 12.1. The molecule has 0 saturated heterocycles. The second-order valence-corrected chi connectivity index (χ2v) is 4.59. The topological polar surface area (TPSA) is 64.2 Å². The maximum absolute atomic E-state index is 9.53. The number of fused-ring (bicyclic) bond motifs is 1. The number of benzene rings is 3. The summed E-state index contributed by atoms with van der Waals surface area (Å²) < 4.78 is 0. The van der Waals surface area contributed by atoms with Gasteiger partial charge in [0.25, 0.3) is 0 Å². The molecular weight excluding hydrogens is 250 g/mol. The third kappa shape index (κ3) is 2.04. The summed E-state index contributed by atoms with van der Waals surface area (Å²) in [6.07, 6.45) is 0. The maximum atomic E-state index is 9.53. The summed E-state index contributed by atoms with van der Waals surface area (Å²) in [7, 11) is 0. The van der Waals surface area contributed by atoms with E-state index in [0.29, 0.717) is 5.56 Å². The van der Waals surface area contributed by atoms with E-state index in [1.807, 2.05) is 6.07 Å². The first-order valence-electron chi connectivity index (χ1n) is 6.13. The summed E-state index contributed by atoms with van der Waals surface area (Å²) >= 11 is 0. The molecule has 0 aromatic heterocycles. The molecule has 0 heterocycles. The van der Waals surface area contributed by atoms with Crippen LogP contribution in [0.15, 0.2) is 54.6 Å². The van der Waals surface area contributed by atoms with Crippen molar-refractivity contribution in [3.8, 4) is 28.7 Å². The van der Waals surface area contributed by atoms with E-state index in [0.717, 1.165) is 21.9 Å². The van der Waals surface area contributed by atoms with Crippen molar-refractivity contribution in [1.29, 1.82) is 5.26 Å².